The van der Waals surface area contributed by atoms with Gasteiger partial charge in [0.25, 0.3) is 0 Å². The molecule has 2 N–H and O–H groups in total. The van der Waals surface area contributed by atoms with Crippen LogP contribution >= 0.6 is 0 Å². The summed E-state index contributed by atoms with van der Waals surface area (Å²) < 4.78 is 16.1. The van der Waals surface area contributed by atoms with Crippen molar-refractivity contribution in [3.05, 3.63) is 54.4 Å². The van der Waals surface area contributed by atoms with Crippen molar-refractivity contribution in [2.75, 3.05) is 29.9 Å². The maximum Gasteiger partial charge on any atom is 0.173 e. The molecule has 1 aliphatic heterocycles. The smallest absolute Gasteiger partial charge is 0.173 e. The molecule has 31 heavy (non-hydrogen) atoms. The molecule has 1 aliphatic rings. The van der Waals surface area contributed by atoms with E-state index in [0.717, 1.165) is 60.4 Å². The van der Waals surface area contributed by atoms with Crippen LogP contribution in [0.1, 0.15) is 25.5 Å². The number of aromatic nitrogens is 4. The Kier molecular flexibility index (Phi) is 5.15. The molecule has 5 rings (SSSR count). The monoisotopic (exact) mass is 419 g/mol. The van der Waals surface area contributed by atoms with Gasteiger partial charge in [-0.3, -0.25) is 0 Å². The Morgan fingerprint density at radius 3 is 2.81 bits per heavy atom. The molecule has 8 heteroatoms. The number of hydrogen-bond donors (Lipinski definition) is 2. The highest BCUT2D eigenvalue weighted by Crippen LogP contribution is 2.29. The summed E-state index contributed by atoms with van der Waals surface area (Å²) in [7, 11) is 0. The number of piperidine rings is 1. The first-order valence-corrected chi connectivity index (χ1v) is 10.8. The van der Waals surface area contributed by atoms with Crippen LogP contribution in [-0.4, -0.2) is 45.3 Å². The molecule has 0 aliphatic carbocycles. The van der Waals surface area contributed by atoms with Crippen molar-refractivity contribution in [1.82, 2.24) is 24.9 Å². The van der Waals surface area contributed by atoms with Crippen LogP contribution in [0.3, 0.4) is 0 Å². The Morgan fingerprint density at radius 1 is 1.16 bits per heavy atom. The number of nitrogens with zero attached hydrogens (tertiary/aromatic N) is 5. The van der Waals surface area contributed by atoms with E-state index in [1.807, 2.05) is 13.1 Å². The fraction of sp³-hybridized carbons (Fsp3) is 0.348. The third-order valence-electron chi connectivity index (χ3n) is 5.88. The Balaban J connectivity index is 1.41. The third-order valence-corrected chi connectivity index (χ3v) is 5.88. The van der Waals surface area contributed by atoms with E-state index in [9.17, 15) is 4.39 Å². The fourth-order valence-corrected chi connectivity index (χ4v) is 4.38. The van der Waals surface area contributed by atoms with Gasteiger partial charge >= 0.3 is 0 Å². The predicted molar refractivity (Wildman–Crippen MR) is 122 cm³/mol. The largest absolute Gasteiger partial charge is 0.371 e. The molecule has 0 radical (unpaired) electrons. The number of nitrogens with one attached hydrogen (secondary N) is 2. The van der Waals surface area contributed by atoms with Crippen molar-refractivity contribution in [2.24, 2.45) is 0 Å². The SMILES string of the molecule is CCNC1CCN(c2ccc3c(Nc4cc(F)c5nc(C)cn5c4)cnnc3c2)CC1. The van der Waals surface area contributed by atoms with Crippen LogP contribution in [0, 0.1) is 12.7 Å². The van der Waals surface area contributed by atoms with Crippen LogP contribution in [0.5, 0.6) is 0 Å². The van der Waals surface area contributed by atoms with E-state index in [-0.39, 0.29) is 5.82 Å². The van der Waals surface area contributed by atoms with Gasteiger partial charge in [0.05, 0.1) is 28.8 Å². The van der Waals surface area contributed by atoms with Crippen LogP contribution < -0.4 is 15.5 Å². The number of halogens is 1. The summed E-state index contributed by atoms with van der Waals surface area (Å²) in [6, 6.07) is 8.34. The van der Waals surface area contributed by atoms with Crippen molar-refractivity contribution >= 4 is 33.6 Å². The maximum atomic E-state index is 14.5. The second-order valence-corrected chi connectivity index (χ2v) is 8.09. The highest BCUT2D eigenvalue weighted by molar-refractivity contribution is 5.94. The lowest BCUT2D eigenvalue weighted by Crippen LogP contribution is -2.42. The fourth-order valence-electron chi connectivity index (χ4n) is 4.38. The maximum absolute atomic E-state index is 14.5. The molecule has 7 nitrogen and oxygen atoms in total. The first-order valence-electron chi connectivity index (χ1n) is 10.8. The van der Waals surface area contributed by atoms with Gasteiger partial charge in [-0.2, -0.15) is 10.2 Å². The van der Waals surface area contributed by atoms with Crippen molar-refractivity contribution in [2.45, 2.75) is 32.7 Å². The Morgan fingerprint density at radius 2 is 2.00 bits per heavy atom. The van der Waals surface area contributed by atoms with Gasteiger partial charge in [0.2, 0.25) is 0 Å². The molecule has 4 aromatic rings. The summed E-state index contributed by atoms with van der Waals surface area (Å²) >= 11 is 0. The quantitative estimate of drug-likeness (QED) is 0.509. The van der Waals surface area contributed by atoms with Crippen LogP contribution in [0.15, 0.2) is 42.9 Å². The number of pyridine rings is 1. The zero-order chi connectivity index (χ0) is 21.4. The molecule has 0 saturated carbocycles. The van der Waals surface area contributed by atoms with Crippen LogP contribution in [-0.2, 0) is 0 Å². The van der Waals surface area contributed by atoms with E-state index in [2.05, 4.69) is 55.8 Å². The first kappa shape index (κ1) is 19.7. The van der Waals surface area contributed by atoms with Gasteiger partial charge in [0.1, 0.15) is 0 Å². The van der Waals surface area contributed by atoms with E-state index >= 15 is 0 Å². The number of benzene rings is 1. The van der Waals surface area contributed by atoms with E-state index < -0.39 is 0 Å². The normalized spacial score (nSPS) is 15.1. The van der Waals surface area contributed by atoms with Gasteiger partial charge in [-0.05, 0) is 44.5 Å². The summed E-state index contributed by atoms with van der Waals surface area (Å²) in [6.45, 7) is 7.07. The van der Waals surface area contributed by atoms with Crippen LogP contribution in [0.2, 0.25) is 0 Å². The molecular weight excluding hydrogens is 393 g/mol. The first-order chi connectivity index (χ1) is 15.1. The Hall–Kier alpha value is -3.26. The number of fused-ring (bicyclic) bond motifs is 2. The highest BCUT2D eigenvalue weighted by atomic mass is 19.1. The lowest BCUT2D eigenvalue weighted by atomic mass is 10.0. The molecule has 0 amide bonds. The molecule has 3 aromatic heterocycles. The van der Waals surface area contributed by atoms with Gasteiger partial charge in [0, 0.05) is 48.7 Å². The lowest BCUT2D eigenvalue weighted by Gasteiger charge is -2.34. The average molecular weight is 420 g/mol. The average Bonchev–Trinajstić information content (AvgIpc) is 3.15. The molecule has 4 heterocycles. The second-order valence-electron chi connectivity index (χ2n) is 8.09. The minimum Gasteiger partial charge on any atom is -0.371 e. The number of imidazole rings is 1. The molecule has 1 saturated heterocycles. The minimum atomic E-state index is -0.368. The molecule has 1 aromatic carbocycles. The lowest BCUT2D eigenvalue weighted by molar-refractivity contribution is 0.424. The van der Waals surface area contributed by atoms with Gasteiger partial charge in [-0.15, -0.1) is 0 Å². The molecule has 0 bridgehead atoms. The molecule has 1 fully saturated rings. The van der Waals surface area contributed by atoms with Gasteiger partial charge in [0.15, 0.2) is 11.5 Å². The number of hydrogen-bond acceptors (Lipinski definition) is 6. The van der Waals surface area contributed by atoms with Gasteiger partial charge in [-0.1, -0.05) is 6.92 Å². The van der Waals surface area contributed by atoms with Crippen LogP contribution in [0.25, 0.3) is 16.6 Å². The number of rotatable bonds is 5. The summed E-state index contributed by atoms with van der Waals surface area (Å²) in [5, 5.41) is 16.3. The summed E-state index contributed by atoms with van der Waals surface area (Å²) in [6.07, 6.45) is 7.58. The van der Waals surface area contributed by atoms with E-state index in [4.69, 9.17) is 0 Å². The van der Waals surface area contributed by atoms with Crippen LogP contribution in [0.4, 0.5) is 21.5 Å². The van der Waals surface area contributed by atoms with Gasteiger partial charge in [-0.25, -0.2) is 9.37 Å². The van der Waals surface area contributed by atoms with Crippen molar-refractivity contribution in [3.63, 3.8) is 0 Å². The summed E-state index contributed by atoms with van der Waals surface area (Å²) in [4.78, 5) is 6.61. The van der Waals surface area contributed by atoms with Crippen molar-refractivity contribution in [1.29, 1.82) is 0 Å². The molecule has 160 valence electrons. The third kappa shape index (κ3) is 3.90. The summed E-state index contributed by atoms with van der Waals surface area (Å²) in [5.74, 6) is -0.368. The molecular formula is C23H26FN7. The zero-order valence-corrected chi connectivity index (χ0v) is 17.8. The van der Waals surface area contributed by atoms with E-state index in [1.165, 1.54) is 6.07 Å². The Bertz CT molecular complexity index is 1230. The molecule has 0 spiro atoms. The Labute approximate surface area is 180 Å². The predicted octanol–water partition coefficient (Wildman–Crippen LogP) is 4.05. The number of aryl methyl sites for hydroxylation is 1. The standard InChI is InChI=1S/C23H26FN7/c1-3-25-16-6-8-30(9-7-16)18-4-5-19-21(11-18)29-26-12-22(19)28-17-10-20(24)23-27-15(2)13-31(23)14-17/h4-5,10-14,16,25H,3,6-9H2,1-2H3,(H,28,29). The molecule has 0 atom stereocenters. The summed E-state index contributed by atoms with van der Waals surface area (Å²) in [5.41, 5.74) is 4.49. The van der Waals surface area contributed by atoms with E-state index in [0.29, 0.717) is 17.4 Å². The highest BCUT2D eigenvalue weighted by Gasteiger charge is 2.19. The zero-order valence-electron chi connectivity index (χ0n) is 17.8. The minimum absolute atomic E-state index is 0.323. The van der Waals surface area contributed by atoms with Crippen molar-refractivity contribution < 1.29 is 4.39 Å². The second kappa shape index (κ2) is 8.11. The van der Waals surface area contributed by atoms with Crippen molar-refractivity contribution in [3.8, 4) is 0 Å². The number of anilines is 3. The van der Waals surface area contributed by atoms with E-state index in [1.54, 1.807) is 16.8 Å². The topological polar surface area (TPSA) is 70.4 Å². The molecule has 0 unspecified atom stereocenters. The van der Waals surface area contributed by atoms with Gasteiger partial charge < -0.3 is 19.9 Å².